The maximum absolute atomic E-state index is 12.7. The molecule has 0 N–H and O–H groups in total. The Bertz CT molecular complexity index is 1330. The number of rotatable bonds is 6. The second-order valence-electron chi connectivity index (χ2n) is 11.1. The van der Waals surface area contributed by atoms with Gasteiger partial charge in [0.05, 0.1) is 30.2 Å². The number of carbonyl (C=O) groups is 2. The monoisotopic (exact) mass is 540 g/mol. The molecule has 4 fully saturated rings. The van der Waals surface area contributed by atoms with Crippen LogP contribution in [0, 0.1) is 5.92 Å². The smallest absolute Gasteiger partial charge is 0.410 e. The number of esters is 1. The molecule has 3 aliphatic heterocycles. The Morgan fingerprint density at radius 1 is 1.16 bits per heavy atom. The zero-order valence-electron chi connectivity index (χ0n) is 22.0. The largest absolute Gasteiger partial charge is 0.488 e. The molecule has 1 aliphatic carbocycles. The van der Waals surface area contributed by atoms with Crippen LogP contribution in [0.5, 0.6) is 5.75 Å². The van der Waals surface area contributed by atoms with Crippen molar-refractivity contribution in [2.24, 2.45) is 5.92 Å². The van der Waals surface area contributed by atoms with Crippen molar-refractivity contribution in [2.45, 2.75) is 70.7 Å². The van der Waals surface area contributed by atoms with Crippen LogP contribution >= 0.6 is 11.3 Å². The Morgan fingerprint density at radius 2 is 1.92 bits per heavy atom. The quantitative estimate of drug-likeness (QED) is 0.405. The van der Waals surface area contributed by atoms with E-state index in [1.165, 1.54) is 11.3 Å². The molecule has 5 heterocycles. The summed E-state index contributed by atoms with van der Waals surface area (Å²) in [6, 6.07) is 4.47. The number of piperazine rings is 1. The second-order valence-corrected chi connectivity index (χ2v) is 12.0. The number of nitrogens with zero attached hydrogens (tertiary/aromatic N) is 4. The van der Waals surface area contributed by atoms with Crippen LogP contribution in [-0.4, -0.2) is 70.4 Å². The molecule has 38 heavy (non-hydrogen) atoms. The van der Waals surface area contributed by atoms with Crippen molar-refractivity contribution in [3.8, 4) is 16.3 Å². The van der Waals surface area contributed by atoms with Crippen LogP contribution in [0.25, 0.3) is 21.7 Å². The number of hydrogen-bond donors (Lipinski definition) is 0. The van der Waals surface area contributed by atoms with Gasteiger partial charge in [0.25, 0.3) is 6.01 Å². The van der Waals surface area contributed by atoms with Crippen LogP contribution in [-0.2, 0) is 14.3 Å². The third kappa shape index (κ3) is 4.57. The normalized spacial score (nSPS) is 24.5. The summed E-state index contributed by atoms with van der Waals surface area (Å²) in [4.78, 5) is 38.0. The molecule has 2 unspecified atom stereocenters. The first kappa shape index (κ1) is 25.0. The summed E-state index contributed by atoms with van der Waals surface area (Å²) in [6.45, 7) is 9.08. The number of ether oxygens (including phenoxy) is 3. The Labute approximate surface area is 224 Å². The Hall–Kier alpha value is -3.34. The highest BCUT2D eigenvalue weighted by Gasteiger charge is 2.49. The number of thiazole rings is 1. The summed E-state index contributed by atoms with van der Waals surface area (Å²) in [5.74, 6) is 0.343. The predicted octanol–water partition coefficient (Wildman–Crippen LogP) is 4.87. The number of hydrogen-bond acceptors (Lipinski definition) is 10. The average Bonchev–Trinajstić information content (AvgIpc) is 3.50. The van der Waals surface area contributed by atoms with E-state index in [4.69, 9.17) is 23.6 Å². The molecular formula is C27H32N4O6S. The van der Waals surface area contributed by atoms with Gasteiger partial charge in [-0.25, -0.2) is 9.78 Å². The Balaban J connectivity index is 1.23. The highest BCUT2D eigenvalue weighted by Crippen LogP contribution is 2.42. The summed E-state index contributed by atoms with van der Waals surface area (Å²) in [7, 11) is 0. The van der Waals surface area contributed by atoms with Crippen molar-refractivity contribution in [3.05, 3.63) is 23.7 Å². The molecule has 11 heteroatoms. The van der Waals surface area contributed by atoms with Gasteiger partial charge in [-0.3, -0.25) is 9.69 Å². The van der Waals surface area contributed by atoms with Crippen LogP contribution in [0.15, 0.2) is 28.1 Å². The third-order valence-electron chi connectivity index (χ3n) is 7.23. The number of anilines is 1. The van der Waals surface area contributed by atoms with Gasteiger partial charge in [0.1, 0.15) is 22.5 Å². The second kappa shape index (κ2) is 9.44. The number of piperidine rings is 1. The highest BCUT2D eigenvalue weighted by molar-refractivity contribution is 7.13. The first-order valence-electron chi connectivity index (χ1n) is 13.1. The van der Waals surface area contributed by atoms with E-state index in [1.54, 1.807) is 6.20 Å². The maximum Gasteiger partial charge on any atom is 0.410 e. The number of carbonyl (C=O) groups excluding carboxylic acids is 2. The van der Waals surface area contributed by atoms with E-state index in [0.717, 1.165) is 17.0 Å². The van der Waals surface area contributed by atoms with E-state index in [1.807, 2.05) is 50.1 Å². The minimum Gasteiger partial charge on any atom is -0.488 e. The molecule has 1 aromatic carbocycles. The van der Waals surface area contributed by atoms with E-state index >= 15 is 0 Å². The highest BCUT2D eigenvalue weighted by atomic mass is 32.1. The van der Waals surface area contributed by atoms with E-state index in [-0.39, 0.29) is 36.2 Å². The van der Waals surface area contributed by atoms with Gasteiger partial charge in [0, 0.05) is 24.7 Å². The fraction of sp³-hybridized carbons (Fsp3) is 0.556. The third-order valence-corrected chi connectivity index (χ3v) is 8.04. The lowest BCUT2D eigenvalue weighted by Gasteiger charge is -2.55. The Kier molecular flexibility index (Phi) is 6.20. The van der Waals surface area contributed by atoms with Crippen molar-refractivity contribution in [3.63, 3.8) is 0 Å². The van der Waals surface area contributed by atoms with Gasteiger partial charge >= 0.3 is 12.1 Å². The molecular weight excluding hydrogens is 508 g/mol. The lowest BCUT2D eigenvalue weighted by atomic mass is 9.82. The van der Waals surface area contributed by atoms with Crippen molar-refractivity contribution in [1.82, 2.24) is 14.9 Å². The number of benzene rings is 1. The molecule has 1 saturated carbocycles. The fourth-order valence-corrected chi connectivity index (χ4v) is 6.06. The molecule has 3 aromatic rings. The van der Waals surface area contributed by atoms with Crippen molar-refractivity contribution < 1.29 is 28.2 Å². The van der Waals surface area contributed by atoms with Crippen molar-refractivity contribution in [1.29, 1.82) is 0 Å². The van der Waals surface area contributed by atoms with Gasteiger partial charge in [0.15, 0.2) is 11.1 Å². The lowest BCUT2D eigenvalue weighted by Crippen LogP contribution is -2.70. The zero-order chi connectivity index (χ0) is 26.6. The average molecular weight is 541 g/mol. The first-order valence-corrected chi connectivity index (χ1v) is 14.0. The van der Waals surface area contributed by atoms with Crippen molar-refractivity contribution in [2.75, 3.05) is 24.6 Å². The van der Waals surface area contributed by atoms with Gasteiger partial charge in [-0.1, -0.05) is 0 Å². The van der Waals surface area contributed by atoms with Gasteiger partial charge in [0.2, 0.25) is 0 Å². The molecule has 7 rings (SSSR count). The van der Waals surface area contributed by atoms with Gasteiger partial charge < -0.3 is 23.5 Å². The summed E-state index contributed by atoms with van der Waals surface area (Å²) in [6.07, 6.45) is 3.60. The summed E-state index contributed by atoms with van der Waals surface area (Å²) < 4.78 is 23.4. The maximum atomic E-state index is 12.7. The number of amides is 1. The van der Waals surface area contributed by atoms with E-state index in [9.17, 15) is 9.59 Å². The summed E-state index contributed by atoms with van der Waals surface area (Å²) >= 11 is 1.53. The summed E-state index contributed by atoms with van der Waals surface area (Å²) in [5.41, 5.74) is 1.59. The first-order chi connectivity index (χ1) is 18.2. The topological polar surface area (TPSA) is 107 Å². The molecule has 0 spiro atoms. The minimum absolute atomic E-state index is 0.0579. The molecule has 4 aliphatic rings. The van der Waals surface area contributed by atoms with E-state index in [0.29, 0.717) is 55.4 Å². The molecule has 2 bridgehead atoms. The van der Waals surface area contributed by atoms with Gasteiger partial charge in [-0.2, -0.15) is 4.98 Å². The minimum atomic E-state index is -0.527. The zero-order valence-corrected chi connectivity index (χ0v) is 22.8. The van der Waals surface area contributed by atoms with Gasteiger partial charge in [-0.05, 0) is 59.1 Å². The fourth-order valence-electron chi connectivity index (χ4n) is 5.40. The number of aromatic nitrogens is 2. The molecule has 2 atom stereocenters. The number of fused-ring (bicyclic) bond motifs is 3. The molecule has 2 aromatic heterocycles. The van der Waals surface area contributed by atoms with E-state index in [2.05, 4.69) is 9.88 Å². The van der Waals surface area contributed by atoms with Gasteiger partial charge in [-0.15, -0.1) is 11.3 Å². The Morgan fingerprint density at radius 3 is 2.58 bits per heavy atom. The van der Waals surface area contributed by atoms with Crippen LogP contribution in [0.3, 0.4) is 0 Å². The molecule has 3 saturated heterocycles. The molecule has 1 amide bonds. The van der Waals surface area contributed by atoms with Crippen LogP contribution in [0.4, 0.5) is 10.8 Å². The molecule has 0 radical (unpaired) electrons. The van der Waals surface area contributed by atoms with E-state index < -0.39 is 5.60 Å². The standard InChI is InChI=1S/C27H32N4O6S/c1-5-34-24(32)15-10-18(11-15)35-20-7-6-19(23-28-8-9-38-23)22-21(20)29-25(36-22)30-13-16-12-17(14-30)31(16)26(33)37-27(2,3)4/h6-9,15-18H,5,10-14H2,1-4H3. The predicted molar refractivity (Wildman–Crippen MR) is 141 cm³/mol. The molecule has 202 valence electrons. The molecule has 10 nitrogen and oxygen atoms in total. The number of oxazole rings is 1. The van der Waals surface area contributed by atoms with Crippen LogP contribution in [0.1, 0.15) is 47.0 Å². The summed E-state index contributed by atoms with van der Waals surface area (Å²) in [5, 5.41) is 2.77. The van der Waals surface area contributed by atoms with Crippen LogP contribution < -0.4 is 9.64 Å². The van der Waals surface area contributed by atoms with Crippen molar-refractivity contribution >= 4 is 40.5 Å². The van der Waals surface area contributed by atoms with Crippen LogP contribution in [0.2, 0.25) is 0 Å². The lowest BCUT2D eigenvalue weighted by molar-refractivity contribution is -0.154. The SMILES string of the molecule is CCOC(=O)C1CC(Oc2ccc(-c3nccs3)c3oc(N4CC5CC(C4)N5C(=O)OC(C)(C)C)nc23)C1.